The number of nitrogens with zero attached hydrogens (tertiary/aromatic N) is 1. The predicted molar refractivity (Wildman–Crippen MR) is 56.9 cm³/mol. The Hall–Kier alpha value is -1.54. The van der Waals surface area contributed by atoms with Crippen molar-refractivity contribution >= 4 is 23.5 Å². The number of H-pyrrole nitrogens is 1. The average molecular weight is 229 g/mol. The van der Waals surface area contributed by atoms with Gasteiger partial charge in [0.2, 0.25) is 5.91 Å². The van der Waals surface area contributed by atoms with E-state index < -0.39 is 0 Å². The Kier molecular flexibility index (Phi) is 4.13. The molecule has 7 nitrogen and oxygen atoms in total. The second kappa shape index (κ2) is 5.37. The number of carbonyl (C=O) groups is 1. The van der Waals surface area contributed by atoms with E-state index in [0.29, 0.717) is 10.9 Å². The molecule has 1 amide bonds. The number of carbonyl (C=O) groups excluding carboxylic acids is 1. The largest absolute Gasteiger partial charge is 0.383 e. The van der Waals surface area contributed by atoms with Crippen molar-refractivity contribution in [2.45, 2.75) is 11.6 Å². The number of nitrogens with two attached hydrogens (primary N) is 2. The zero-order chi connectivity index (χ0) is 11.3. The first kappa shape index (κ1) is 11.5. The Bertz CT molecular complexity index is 405. The molecule has 1 rings (SSSR count). The number of nitrogens with one attached hydrogen (secondary N) is 2. The van der Waals surface area contributed by atoms with Crippen molar-refractivity contribution in [2.75, 3.05) is 11.5 Å². The number of aromatic nitrogens is 2. The van der Waals surface area contributed by atoms with Gasteiger partial charge in [0.25, 0.3) is 5.56 Å². The summed E-state index contributed by atoms with van der Waals surface area (Å²) in [5.41, 5.74) is 7.07. The van der Waals surface area contributed by atoms with Crippen molar-refractivity contribution in [3.8, 4) is 0 Å². The van der Waals surface area contributed by atoms with Crippen molar-refractivity contribution in [1.82, 2.24) is 15.4 Å². The van der Waals surface area contributed by atoms with Crippen molar-refractivity contribution < 1.29 is 4.79 Å². The molecule has 0 fully saturated rings. The number of amides is 1. The molecule has 0 aliphatic heterocycles. The third-order valence-electron chi connectivity index (χ3n) is 1.47. The summed E-state index contributed by atoms with van der Waals surface area (Å²) in [5.74, 6) is 5.25. The van der Waals surface area contributed by atoms with Crippen LogP contribution in [0, 0.1) is 0 Å². The molecular formula is C7H11N5O2S. The number of hydrazine groups is 1. The minimum absolute atomic E-state index is 0.157. The molecule has 0 unspecified atom stereocenters. The molecule has 0 bridgehead atoms. The number of anilines is 1. The monoisotopic (exact) mass is 229 g/mol. The standard InChI is InChI=1S/C7H11N5O2S/c8-4-3-6(14)11-7(10-4)15-2-1-5(13)12-9/h3H,1-2,9H2,(H,12,13)(H3,8,10,11,14). The van der Waals surface area contributed by atoms with Gasteiger partial charge in [-0.1, -0.05) is 11.8 Å². The number of nitrogen functional groups attached to an aromatic ring is 1. The van der Waals surface area contributed by atoms with Crippen LogP contribution in [0.25, 0.3) is 0 Å². The summed E-state index contributed by atoms with van der Waals surface area (Å²) in [7, 11) is 0. The van der Waals surface area contributed by atoms with Crippen molar-refractivity contribution in [3.63, 3.8) is 0 Å². The van der Waals surface area contributed by atoms with Crippen molar-refractivity contribution in [1.29, 1.82) is 0 Å². The van der Waals surface area contributed by atoms with E-state index in [-0.39, 0.29) is 23.7 Å². The maximum absolute atomic E-state index is 11.0. The molecule has 0 aliphatic carbocycles. The van der Waals surface area contributed by atoms with Gasteiger partial charge < -0.3 is 10.7 Å². The number of hydrogen-bond acceptors (Lipinski definition) is 6. The minimum atomic E-state index is -0.312. The quantitative estimate of drug-likeness (QED) is 0.169. The highest BCUT2D eigenvalue weighted by Crippen LogP contribution is 2.12. The number of rotatable bonds is 4. The highest BCUT2D eigenvalue weighted by molar-refractivity contribution is 7.99. The molecule has 0 radical (unpaired) electrons. The lowest BCUT2D eigenvalue weighted by Gasteiger charge is -2.00. The lowest BCUT2D eigenvalue weighted by atomic mass is 10.5. The molecule has 15 heavy (non-hydrogen) atoms. The Labute approximate surface area is 89.6 Å². The van der Waals surface area contributed by atoms with E-state index in [1.807, 2.05) is 5.43 Å². The fourth-order valence-corrected chi connectivity index (χ4v) is 1.66. The Morgan fingerprint density at radius 2 is 2.40 bits per heavy atom. The van der Waals surface area contributed by atoms with Gasteiger partial charge >= 0.3 is 0 Å². The first-order chi connectivity index (χ1) is 7.11. The summed E-state index contributed by atoms with van der Waals surface area (Å²) in [5, 5.41) is 0.393. The molecular weight excluding hydrogens is 218 g/mol. The summed E-state index contributed by atoms with van der Waals surface area (Å²) in [6.07, 6.45) is 0.250. The van der Waals surface area contributed by atoms with E-state index in [1.54, 1.807) is 0 Å². The summed E-state index contributed by atoms with van der Waals surface area (Å²) in [6.45, 7) is 0. The zero-order valence-corrected chi connectivity index (χ0v) is 8.63. The average Bonchev–Trinajstić information content (AvgIpc) is 2.16. The molecule has 0 saturated heterocycles. The third kappa shape index (κ3) is 4.00. The van der Waals surface area contributed by atoms with E-state index in [9.17, 15) is 9.59 Å². The first-order valence-corrected chi connectivity index (χ1v) is 5.09. The topological polar surface area (TPSA) is 127 Å². The number of thioether (sulfide) groups is 1. The van der Waals surface area contributed by atoms with Crippen LogP contribution in [0.1, 0.15) is 6.42 Å². The van der Waals surface area contributed by atoms with Crippen LogP contribution in [-0.2, 0) is 4.79 Å². The smallest absolute Gasteiger partial charge is 0.253 e. The Morgan fingerprint density at radius 1 is 1.67 bits per heavy atom. The highest BCUT2D eigenvalue weighted by Gasteiger charge is 2.02. The van der Waals surface area contributed by atoms with Crippen LogP contribution >= 0.6 is 11.8 Å². The van der Waals surface area contributed by atoms with Gasteiger partial charge in [-0.2, -0.15) is 0 Å². The van der Waals surface area contributed by atoms with E-state index in [1.165, 1.54) is 17.8 Å². The second-order valence-electron chi connectivity index (χ2n) is 2.64. The summed E-state index contributed by atoms with van der Waals surface area (Å²) in [6, 6.07) is 1.19. The van der Waals surface area contributed by atoms with Gasteiger partial charge in [-0.05, 0) is 0 Å². The Balaban J connectivity index is 2.51. The van der Waals surface area contributed by atoms with E-state index in [4.69, 9.17) is 11.6 Å². The highest BCUT2D eigenvalue weighted by atomic mass is 32.2. The fourth-order valence-electron chi connectivity index (χ4n) is 0.834. The molecule has 0 saturated carbocycles. The SMILES string of the molecule is NNC(=O)CCSc1nc(N)cc(=O)[nH]1. The molecule has 6 N–H and O–H groups in total. The summed E-state index contributed by atoms with van der Waals surface area (Å²) < 4.78 is 0. The van der Waals surface area contributed by atoms with Crippen LogP contribution in [0.15, 0.2) is 16.0 Å². The van der Waals surface area contributed by atoms with Crippen molar-refractivity contribution in [3.05, 3.63) is 16.4 Å². The Morgan fingerprint density at radius 3 is 3.00 bits per heavy atom. The van der Waals surface area contributed by atoms with Crippen LogP contribution in [0.3, 0.4) is 0 Å². The van der Waals surface area contributed by atoms with Crippen LogP contribution < -0.4 is 22.6 Å². The van der Waals surface area contributed by atoms with Gasteiger partial charge in [-0.15, -0.1) is 0 Å². The summed E-state index contributed by atoms with van der Waals surface area (Å²) in [4.78, 5) is 28.1. The van der Waals surface area contributed by atoms with Gasteiger partial charge in [0.15, 0.2) is 5.16 Å². The molecule has 1 aromatic heterocycles. The van der Waals surface area contributed by atoms with Gasteiger partial charge in [-0.25, -0.2) is 10.8 Å². The van der Waals surface area contributed by atoms with Gasteiger partial charge in [-0.3, -0.25) is 15.0 Å². The molecule has 0 aromatic carbocycles. The first-order valence-electron chi connectivity index (χ1n) is 4.11. The van der Waals surface area contributed by atoms with E-state index in [2.05, 4.69) is 9.97 Å². The van der Waals surface area contributed by atoms with Gasteiger partial charge in [0, 0.05) is 18.2 Å². The molecule has 0 aliphatic rings. The van der Waals surface area contributed by atoms with Crippen LogP contribution in [0.2, 0.25) is 0 Å². The second-order valence-corrected chi connectivity index (χ2v) is 3.73. The predicted octanol–water partition coefficient (Wildman–Crippen LogP) is -1.18. The molecule has 0 spiro atoms. The third-order valence-corrected chi connectivity index (χ3v) is 2.34. The van der Waals surface area contributed by atoms with Gasteiger partial charge in [0.05, 0.1) is 0 Å². The molecule has 8 heteroatoms. The number of hydrogen-bond donors (Lipinski definition) is 4. The maximum Gasteiger partial charge on any atom is 0.253 e. The normalized spacial score (nSPS) is 9.93. The fraction of sp³-hybridized carbons (Fsp3) is 0.286. The zero-order valence-electron chi connectivity index (χ0n) is 7.82. The van der Waals surface area contributed by atoms with Gasteiger partial charge in [0.1, 0.15) is 5.82 Å². The van der Waals surface area contributed by atoms with Crippen molar-refractivity contribution in [2.24, 2.45) is 5.84 Å². The summed E-state index contributed by atoms with van der Waals surface area (Å²) >= 11 is 1.23. The van der Waals surface area contributed by atoms with Crippen LogP contribution in [0.5, 0.6) is 0 Å². The molecule has 1 aromatic rings. The van der Waals surface area contributed by atoms with Crippen LogP contribution in [-0.4, -0.2) is 21.6 Å². The minimum Gasteiger partial charge on any atom is -0.383 e. The molecule has 0 atom stereocenters. The van der Waals surface area contributed by atoms with E-state index >= 15 is 0 Å². The van der Waals surface area contributed by atoms with E-state index in [0.717, 1.165) is 0 Å². The molecule has 82 valence electrons. The lowest BCUT2D eigenvalue weighted by Crippen LogP contribution is -2.30. The maximum atomic E-state index is 11.0. The lowest BCUT2D eigenvalue weighted by molar-refractivity contribution is -0.120. The van der Waals surface area contributed by atoms with Crippen LogP contribution in [0.4, 0.5) is 5.82 Å². The number of aromatic amines is 1. The molecule has 1 heterocycles.